The van der Waals surface area contributed by atoms with Gasteiger partial charge < -0.3 is 19.7 Å². The fourth-order valence-electron chi connectivity index (χ4n) is 4.21. The molecule has 1 saturated heterocycles. The minimum Gasteiger partial charge on any atom is -0.490 e. The van der Waals surface area contributed by atoms with E-state index in [0.717, 1.165) is 62.4 Å². The van der Waals surface area contributed by atoms with E-state index in [1.807, 2.05) is 12.1 Å². The smallest absolute Gasteiger partial charge is 0.225 e. The topological polar surface area (TPSA) is 50.8 Å². The third-order valence-electron chi connectivity index (χ3n) is 5.64. The van der Waals surface area contributed by atoms with Crippen LogP contribution in [0, 0.1) is 5.92 Å². The van der Waals surface area contributed by atoms with Crippen molar-refractivity contribution >= 4 is 5.91 Å². The lowest BCUT2D eigenvalue weighted by molar-refractivity contribution is -0.134. The zero-order chi connectivity index (χ0) is 17.1. The Kier molecular flexibility index (Phi) is 5.11. The van der Waals surface area contributed by atoms with E-state index in [1.54, 1.807) is 0 Å². The molecule has 0 bridgehead atoms. The number of carbonyl (C=O) groups is 1. The molecule has 1 aromatic rings. The quantitative estimate of drug-likeness (QED) is 0.912. The number of para-hydroxylation sites is 1. The van der Waals surface area contributed by atoms with E-state index in [-0.39, 0.29) is 5.92 Å². The molecule has 0 radical (unpaired) electrons. The molecule has 1 aromatic carbocycles. The van der Waals surface area contributed by atoms with Crippen molar-refractivity contribution in [3.05, 3.63) is 23.8 Å². The van der Waals surface area contributed by atoms with Crippen molar-refractivity contribution in [1.82, 2.24) is 10.2 Å². The van der Waals surface area contributed by atoms with Gasteiger partial charge in [0, 0.05) is 43.6 Å². The van der Waals surface area contributed by atoms with Gasteiger partial charge in [-0.15, -0.1) is 0 Å². The molecule has 1 aliphatic carbocycles. The van der Waals surface area contributed by atoms with Crippen molar-refractivity contribution in [3.63, 3.8) is 0 Å². The van der Waals surface area contributed by atoms with Crippen molar-refractivity contribution in [2.24, 2.45) is 5.92 Å². The maximum atomic E-state index is 12.6. The first-order valence-electron chi connectivity index (χ1n) is 9.71. The van der Waals surface area contributed by atoms with Gasteiger partial charge in [0.15, 0.2) is 11.5 Å². The van der Waals surface area contributed by atoms with Crippen LogP contribution in [-0.4, -0.2) is 43.2 Å². The molecule has 1 atom stereocenters. The zero-order valence-electron chi connectivity index (χ0n) is 14.8. The summed E-state index contributed by atoms with van der Waals surface area (Å²) in [7, 11) is 0. The molecule has 2 fully saturated rings. The minimum atomic E-state index is 0.286. The molecule has 4 rings (SSSR count). The van der Waals surface area contributed by atoms with Crippen molar-refractivity contribution < 1.29 is 14.3 Å². The Morgan fingerprint density at radius 3 is 2.84 bits per heavy atom. The predicted molar refractivity (Wildman–Crippen MR) is 95.8 cm³/mol. The average molecular weight is 344 g/mol. The summed E-state index contributed by atoms with van der Waals surface area (Å²) < 4.78 is 11.7. The highest BCUT2D eigenvalue weighted by atomic mass is 16.5. The number of nitrogens with zero attached hydrogens (tertiary/aromatic N) is 1. The Hall–Kier alpha value is -1.75. The number of nitrogens with one attached hydrogen (secondary N) is 1. The molecule has 2 heterocycles. The third kappa shape index (κ3) is 3.76. The van der Waals surface area contributed by atoms with Crippen LogP contribution in [-0.2, 0) is 11.3 Å². The molecule has 1 saturated carbocycles. The van der Waals surface area contributed by atoms with Crippen LogP contribution >= 0.6 is 0 Å². The predicted octanol–water partition coefficient (Wildman–Crippen LogP) is 2.73. The fourth-order valence-corrected chi connectivity index (χ4v) is 4.21. The standard InChI is InChI=1S/C20H28N2O3/c23-20(15-5-1-2-6-15)22-10-9-17(14-22)21-13-16-7-3-8-18-19(16)25-12-4-11-24-18/h3,7-8,15,17,21H,1-2,4-6,9-14H2/t17-/m1/s1. The van der Waals surface area contributed by atoms with Gasteiger partial charge in [-0.3, -0.25) is 4.79 Å². The lowest BCUT2D eigenvalue weighted by Crippen LogP contribution is -2.37. The number of hydrogen-bond acceptors (Lipinski definition) is 4. The highest BCUT2D eigenvalue weighted by molar-refractivity contribution is 5.79. The zero-order valence-corrected chi connectivity index (χ0v) is 14.8. The van der Waals surface area contributed by atoms with Gasteiger partial charge in [-0.25, -0.2) is 0 Å². The lowest BCUT2D eigenvalue weighted by atomic mass is 10.1. The molecule has 5 nitrogen and oxygen atoms in total. The summed E-state index contributed by atoms with van der Waals surface area (Å²) in [5, 5.41) is 3.61. The normalized spacial score (nSPS) is 23.7. The van der Waals surface area contributed by atoms with Crippen LogP contribution < -0.4 is 14.8 Å². The van der Waals surface area contributed by atoms with Gasteiger partial charge >= 0.3 is 0 Å². The second-order valence-corrected chi connectivity index (χ2v) is 7.43. The van der Waals surface area contributed by atoms with Gasteiger partial charge in [0.25, 0.3) is 0 Å². The Labute approximate surface area is 149 Å². The Morgan fingerprint density at radius 1 is 1.12 bits per heavy atom. The highest BCUT2D eigenvalue weighted by Gasteiger charge is 2.32. The van der Waals surface area contributed by atoms with E-state index >= 15 is 0 Å². The first-order valence-corrected chi connectivity index (χ1v) is 9.71. The lowest BCUT2D eigenvalue weighted by Gasteiger charge is -2.21. The van der Waals surface area contributed by atoms with Crippen LogP contribution in [0.5, 0.6) is 11.5 Å². The molecular formula is C20H28N2O3. The molecule has 0 aromatic heterocycles. The molecule has 1 N–H and O–H groups in total. The number of carbonyl (C=O) groups excluding carboxylic acids is 1. The van der Waals surface area contributed by atoms with Gasteiger partial charge in [0.2, 0.25) is 5.91 Å². The highest BCUT2D eigenvalue weighted by Crippen LogP contribution is 2.33. The number of amides is 1. The molecule has 25 heavy (non-hydrogen) atoms. The summed E-state index contributed by atoms with van der Waals surface area (Å²) in [6, 6.07) is 6.46. The number of rotatable bonds is 4. The maximum absolute atomic E-state index is 12.6. The summed E-state index contributed by atoms with van der Waals surface area (Å²) in [4.78, 5) is 14.6. The summed E-state index contributed by atoms with van der Waals surface area (Å²) in [6.07, 6.45) is 6.55. The second kappa shape index (κ2) is 7.65. The largest absolute Gasteiger partial charge is 0.490 e. The van der Waals surface area contributed by atoms with Crippen LogP contribution in [0.4, 0.5) is 0 Å². The number of hydrogen-bond donors (Lipinski definition) is 1. The minimum absolute atomic E-state index is 0.286. The van der Waals surface area contributed by atoms with E-state index < -0.39 is 0 Å². The van der Waals surface area contributed by atoms with Crippen molar-refractivity contribution in [2.45, 2.75) is 51.1 Å². The monoisotopic (exact) mass is 344 g/mol. The van der Waals surface area contributed by atoms with E-state index in [0.29, 0.717) is 25.2 Å². The van der Waals surface area contributed by atoms with E-state index in [1.165, 1.54) is 12.8 Å². The van der Waals surface area contributed by atoms with Crippen molar-refractivity contribution in [1.29, 1.82) is 0 Å². The molecule has 5 heteroatoms. The maximum Gasteiger partial charge on any atom is 0.225 e. The summed E-state index contributed by atoms with van der Waals surface area (Å²) in [5.74, 6) is 2.40. The summed E-state index contributed by atoms with van der Waals surface area (Å²) >= 11 is 0. The first-order chi connectivity index (χ1) is 12.3. The van der Waals surface area contributed by atoms with E-state index in [2.05, 4.69) is 16.3 Å². The number of ether oxygens (including phenoxy) is 2. The molecular weight excluding hydrogens is 316 g/mol. The van der Waals surface area contributed by atoms with Gasteiger partial charge in [-0.1, -0.05) is 25.0 Å². The molecule has 0 spiro atoms. The van der Waals surface area contributed by atoms with Crippen LogP contribution in [0.3, 0.4) is 0 Å². The average Bonchev–Trinajstić information content (AvgIpc) is 3.27. The Morgan fingerprint density at radius 2 is 1.96 bits per heavy atom. The van der Waals surface area contributed by atoms with Gasteiger partial charge in [-0.05, 0) is 25.3 Å². The molecule has 2 aliphatic heterocycles. The number of likely N-dealkylation sites (tertiary alicyclic amines) is 1. The van der Waals surface area contributed by atoms with Gasteiger partial charge in [0.05, 0.1) is 13.2 Å². The fraction of sp³-hybridized carbons (Fsp3) is 0.650. The van der Waals surface area contributed by atoms with Crippen LogP contribution in [0.25, 0.3) is 0 Å². The van der Waals surface area contributed by atoms with Gasteiger partial charge in [0.1, 0.15) is 0 Å². The van der Waals surface area contributed by atoms with Crippen LogP contribution in [0.2, 0.25) is 0 Å². The number of benzene rings is 1. The SMILES string of the molecule is O=C(C1CCCC1)N1CC[C@@H](NCc2cccc3c2OCCCO3)C1. The van der Waals surface area contributed by atoms with Crippen molar-refractivity contribution in [3.8, 4) is 11.5 Å². The Balaban J connectivity index is 1.33. The van der Waals surface area contributed by atoms with Crippen LogP contribution in [0.1, 0.15) is 44.1 Å². The molecule has 3 aliphatic rings. The summed E-state index contributed by atoms with van der Waals surface area (Å²) in [5.41, 5.74) is 1.14. The molecule has 136 valence electrons. The first kappa shape index (κ1) is 16.7. The third-order valence-corrected chi connectivity index (χ3v) is 5.64. The molecule has 0 unspecified atom stereocenters. The number of fused-ring (bicyclic) bond motifs is 1. The summed E-state index contributed by atoms with van der Waals surface area (Å²) in [6.45, 7) is 3.89. The van der Waals surface area contributed by atoms with Crippen LogP contribution in [0.15, 0.2) is 18.2 Å². The van der Waals surface area contributed by atoms with Gasteiger partial charge in [-0.2, -0.15) is 0 Å². The Bertz CT molecular complexity index is 613. The van der Waals surface area contributed by atoms with Crippen molar-refractivity contribution in [2.75, 3.05) is 26.3 Å². The second-order valence-electron chi connectivity index (χ2n) is 7.43. The van der Waals surface area contributed by atoms with E-state index in [4.69, 9.17) is 9.47 Å². The molecule has 1 amide bonds. The van der Waals surface area contributed by atoms with E-state index in [9.17, 15) is 4.79 Å².